The van der Waals surface area contributed by atoms with Crippen molar-refractivity contribution >= 4 is 33.2 Å². The van der Waals surface area contributed by atoms with E-state index in [9.17, 15) is 26.4 Å². The summed E-state index contributed by atoms with van der Waals surface area (Å²) in [6, 6.07) is 9.98. The van der Waals surface area contributed by atoms with Gasteiger partial charge < -0.3 is 10.2 Å². The number of halogens is 4. The first-order valence-electron chi connectivity index (χ1n) is 11.3. The maximum atomic E-state index is 13.5. The lowest BCUT2D eigenvalue weighted by atomic mass is 9.97. The fourth-order valence-electron chi connectivity index (χ4n) is 3.98. The van der Waals surface area contributed by atoms with Crippen LogP contribution in [-0.4, -0.2) is 51.4 Å². The van der Waals surface area contributed by atoms with Gasteiger partial charge in [-0.2, -0.15) is 13.2 Å². The van der Waals surface area contributed by atoms with Gasteiger partial charge in [-0.25, -0.2) is 8.42 Å². The highest BCUT2D eigenvalue weighted by Crippen LogP contribution is 2.37. The molecule has 192 valence electrons. The average molecular weight is 532 g/mol. The fraction of sp³-hybridized carbons (Fsp3) is 0.458. The molecular weight excluding hydrogens is 503 g/mol. The van der Waals surface area contributed by atoms with E-state index in [0.29, 0.717) is 30.0 Å². The van der Waals surface area contributed by atoms with Crippen molar-refractivity contribution in [2.75, 3.05) is 30.5 Å². The van der Waals surface area contributed by atoms with Gasteiger partial charge in [-0.1, -0.05) is 43.6 Å². The molecule has 1 atom stereocenters. The van der Waals surface area contributed by atoms with E-state index in [2.05, 4.69) is 5.32 Å². The second-order valence-corrected chi connectivity index (χ2v) is 11.2. The van der Waals surface area contributed by atoms with Crippen LogP contribution >= 0.6 is 11.6 Å². The number of hydrogen-bond acceptors (Lipinski definition) is 4. The zero-order valence-electron chi connectivity index (χ0n) is 19.6. The van der Waals surface area contributed by atoms with Crippen LogP contribution in [0, 0.1) is 5.92 Å². The number of carbonyl (C=O) groups is 1. The number of alkyl halides is 3. The Kier molecular flexibility index (Phi) is 8.72. The number of amides is 1. The summed E-state index contributed by atoms with van der Waals surface area (Å²) in [5.41, 5.74) is -1.45. The number of nitrogens with zero attached hydrogens (tertiary/aromatic N) is 2. The summed E-state index contributed by atoms with van der Waals surface area (Å²) in [7, 11) is -4.39. The van der Waals surface area contributed by atoms with E-state index < -0.39 is 39.9 Å². The molecule has 0 unspecified atom stereocenters. The molecule has 0 saturated carbocycles. The second-order valence-electron chi connectivity index (χ2n) is 8.90. The molecule has 0 aromatic heterocycles. The first kappa shape index (κ1) is 27.3. The number of piperidine rings is 1. The number of hydrogen-bond donors (Lipinski definition) is 1. The van der Waals surface area contributed by atoms with Crippen molar-refractivity contribution in [3.63, 3.8) is 0 Å². The van der Waals surface area contributed by atoms with Gasteiger partial charge in [0.1, 0.15) is 6.54 Å². The number of carbonyl (C=O) groups excluding carboxylic acids is 1. The van der Waals surface area contributed by atoms with Crippen LogP contribution in [0.4, 0.5) is 18.9 Å². The van der Waals surface area contributed by atoms with E-state index in [0.717, 1.165) is 25.0 Å². The maximum absolute atomic E-state index is 13.5. The molecule has 0 aliphatic carbocycles. The van der Waals surface area contributed by atoms with Gasteiger partial charge in [-0.3, -0.25) is 9.10 Å². The molecule has 1 aliphatic heterocycles. The van der Waals surface area contributed by atoms with E-state index in [1.165, 1.54) is 24.3 Å². The quantitative estimate of drug-likeness (QED) is 0.532. The SMILES string of the molecule is CC(C)NC[C@@H]1CCCN(C(=O)CN(c2cc(C(F)(F)F)ccc2Cl)S(=O)(=O)c2ccccc2)C1. The Morgan fingerprint density at radius 1 is 1.20 bits per heavy atom. The minimum Gasteiger partial charge on any atom is -0.341 e. The normalized spacial score (nSPS) is 17.0. The first-order valence-corrected chi connectivity index (χ1v) is 13.2. The zero-order valence-corrected chi connectivity index (χ0v) is 21.1. The van der Waals surface area contributed by atoms with Gasteiger partial charge in [0.05, 0.1) is 21.2 Å². The van der Waals surface area contributed by atoms with E-state index in [1.807, 2.05) is 13.8 Å². The number of nitrogens with one attached hydrogen (secondary N) is 1. The van der Waals surface area contributed by atoms with Crippen molar-refractivity contribution in [3.05, 3.63) is 59.1 Å². The number of likely N-dealkylation sites (tertiary alicyclic amines) is 1. The minimum atomic E-state index is -4.71. The van der Waals surface area contributed by atoms with Gasteiger partial charge in [0.25, 0.3) is 10.0 Å². The van der Waals surface area contributed by atoms with Crippen LogP contribution in [0.1, 0.15) is 32.3 Å². The number of anilines is 1. The smallest absolute Gasteiger partial charge is 0.341 e. The Bertz CT molecular complexity index is 1130. The van der Waals surface area contributed by atoms with Crippen LogP contribution in [-0.2, 0) is 21.0 Å². The highest BCUT2D eigenvalue weighted by atomic mass is 35.5. The van der Waals surface area contributed by atoms with Gasteiger partial charge in [0.2, 0.25) is 5.91 Å². The van der Waals surface area contributed by atoms with E-state index in [4.69, 9.17) is 11.6 Å². The third-order valence-electron chi connectivity index (χ3n) is 5.84. The predicted molar refractivity (Wildman–Crippen MR) is 130 cm³/mol. The van der Waals surface area contributed by atoms with E-state index in [-0.39, 0.29) is 21.9 Å². The summed E-state index contributed by atoms with van der Waals surface area (Å²) in [4.78, 5) is 14.7. The third-order valence-corrected chi connectivity index (χ3v) is 7.93. The van der Waals surface area contributed by atoms with Gasteiger partial charge >= 0.3 is 6.18 Å². The van der Waals surface area contributed by atoms with Gasteiger partial charge in [0, 0.05) is 19.1 Å². The summed E-state index contributed by atoms with van der Waals surface area (Å²) in [5, 5.41) is 3.14. The van der Waals surface area contributed by atoms with Gasteiger partial charge in [-0.15, -0.1) is 0 Å². The van der Waals surface area contributed by atoms with Crippen LogP contribution in [0.2, 0.25) is 5.02 Å². The molecule has 1 saturated heterocycles. The highest BCUT2D eigenvalue weighted by molar-refractivity contribution is 7.92. The lowest BCUT2D eigenvalue weighted by molar-refractivity contribution is -0.137. The molecule has 1 amide bonds. The second kappa shape index (κ2) is 11.2. The van der Waals surface area contributed by atoms with Gasteiger partial charge in [0.15, 0.2) is 0 Å². The van der Waals surface area contributed by atoms with Crippen molar-refractivity contribution < 1.29 is 26.4 Å². The molecule has 1 N–H and O–H groups in total. The monoisotopic (exact) mass is 531 g/mol. The Labute approximate surface area is 209 Å². The number of rotatable bonds is 8. The first-order chi connectivity index (χ1) is 16.4. The largest absolute Gasteiger partial charge is 0.416 e. The van der Waals surface area contributed by atoms with Crippen LogP contribution in [0.15, 0.2) is 53.4 Å². The molecule has 0 bridgehead atoms. The molecular formula is C24H29ClF3N3O3S. The van der Waals surface area contributed by atoms with Crippen molar-refractivity contribution in [1.82, 2.24) is 10.2 Å². The van der Waals surface area contributed by atoms with Crippen molar-refractivity contribution in [2.45, 2.75) is 43.8 Å². The predicted octanol–water partition coefficient (Wildman–Crippen LogP) is 4.79. The molecule has 0 spiro atoms. The van der Waals surface area contributed by atoms with E-state index in [1.54, 1.807) is 11.0 Å². The Balaban J connectivity index is 1.95. The average Bonchev–Trinajstić information content (AvgIpc) is 2.81. The molecule has 1 heterocycles. The maximum Gasteiger partial charge on any atom is 0.416 e. The summed E-state index contributed by atoms with van der Waals surface area (Å²) >= 11 is 6.19. The zero-order chi connectivity index (χ0) is 25.8. The van der Waals surface area contributed by atoms with Crippen LogP contribution in [0.5, 0.6) is 0 Å². The topological polar surface area (TPSA) is 69.7 Å². The third kappa shape index (κ3) is 6.89. The highest BCUT2D eigenvalue weighted by Gasteiger charge is 2.35. The van der Waals surface area contributed by atoms with Crippen LogP contribution < -0.4 is 9.62 Å². The van der Waals surface area contributed by atoms with Crippen LogP contribution in [0.3, 0.4) is 0 Å². The van der Waals surface area contributed by atoms with E-state index >= 15 is 0 Å². The molecule has 3 rings (SSSR count). The minimum absolute atomic E-state index is 0.154. The summed E-state index contributed by atoms with van der Waals surface area (Å²) in [5.74, 6) is -0.293. The lowest BCUT2D eigenvalue weighted by Gasteiger charge is -2.35. The van der Waals surface area contributed by atoms with Crippen molar-refractivity contribution in [2.24, 2.45) is 5.92 Å². The number of benzene rings is 2. The van der Waals surface area contributed by atoms with Gasteiger partial charge in [-0.05, 0) is 55.6 Å². The molecule has 2 aromatic rings. The van der Waals surface area contributed by atoms with Crippen molar-refractivity contribution in [1.29, 1.82) is 0 Å². The van der Waals surface area contributed by atoms with Crippen LogP contribution in [0.25, 0.3) is 0 Å². The number of sulfonamides is 1. The lowest BCUT2D eigenvalue weighted by Crippen LogP contribution is -2.48. The standard InChI is InChI=1S/C24H29ClF3N3O3S/c1-17(2)29-14-18-7-6-12-30(15-18)23(32)16-31(35(33,34)20-8-4-3-5-9-20)22-13-19(24(26,27)28)10-11-21(22)25/h3-5,8-11,13,17-18,29H,6-7,12,14-16H2,1-2H3/t18-/m0/s1. The summed E-state index contributed by atoms with van der Waals surface area (Å²) < 4.78 is 67.9. The van der Waals surface area contributed by atoms with Crippen molar-refractivity contribution in [3.8, 4) is 0 Å². The molecule has 0 radical (unpaired) electrons. The molecule has 35 heavy (non-hydrogen) atoms. The molecule has 2 aromatic carbocycles. The molecule has 6 nitrogen and oxygen atoms in total. The fourth-order valence-corrected chi connectivity index (χ4v) is 5.70. The summed E-state index contributed by atoms with van der Waals surface area (Å²) in [6.45, 7) is 4.99. The molecule has 1 fully saturated rings. The Morgan fingerprint density at radius 3 is 2.51 bits per heavy atom. The molecule has 11 heteroatoms. The molecule has 1 aliphatic rings. The Morgan fingerprint density at radius 2 is 1.89 bits per heavy atom. The summed E-state index contributed by atoms with van der Waals surface area (Å²) in [6.07, 6.45) is -3.03. The Hall–Kier alpha value is -2.30.